The molecule has 0 N–H and O–H groups in total. The first-order valence-corrected chi connectivity index (χ1v) is 8.39. The van der Waals surface area contributed by atoms with E-state index >= 15 is 0 Å². The van der Waals surface area contributed by atoms with E-state index in [1.54, 1.807) is 16.7 Å². The normalized spacial score (nSPS) is 15.5. The Bertz CT molecular complexity index is 756. The Labute approximate surface area is 119 Å². The molecule has 0 aliphatic heterocycles. The van der Waals surface area contributed by atoms with Crippen LogP contribution >= 0.6 is 10.7 Å². The third-order valence-electron chi connectivity index (χ3n) is 3.12. The molecule has 1 heterocycles. The Balaban J connectivity index is 2.00. The van der Waals surface area contributed by atoms with Gasteiger partial charge in [0.25, 0.3) is 14.2 Å². The lowest BCUT2D eigenvalue weighted by atomic mass is 10.1. The number of hydrogen-bond donors (Lipinski definition) is 0. The van der Waals surface area contributed by atoms with Crippen molar-refractivity contribution in [3.63, 3.8) is 0 Å². The molecular weight excluding hydrogens is 305 g/mol. The molecule has 1 aromatic heterocycles. The number of aromatic nitrogens is 3. The summed E-state index contributed by atoms with van der Waals surface area (Å²) in [4.78, 5) is 0. The van der Waals surface area contributed by atoms with Gasteiger partial charge in [0.15, 0.2) is 0 Å². The Kier molecular flexibility index (Phi) is 3.25. The van der Waals surface area contributed by atoms with Crippen molar-refractivity contribution in [2.45, 2.75) is 30.5 Å². The molecule has 20 heavy (non-hydrogen) atoms. The van der Waals surface area contributed by atoms with E-state index in [1.165, 1.54) is 12.1 Å². The van der Waals surface area contributed by atoms with Crippen LogP contribution < -0.4 is 0 Å². The van der Waals surface area contributed by atoms with E-state index in [0.717, 1.165) is 12.8 Å². The predicted molar refractivity (Wildman–Crippen MR) is 70.5 cm³/mol. The van der Waals surface area contributed by atoms with Crippen LogP contribution in [0.3, 0.4) is 0 Å². The van der Waals surface area contributed by atoms with Gasteiger partial charge in [0.2, 0.25) is 0 Å². The summed E-state index contributed by atoms with van der Waals surface area (Å²) in [6.07, 6.45) is 2.05. The minimum atomic E-state index is -3.93. The Morgan fingerprint density at radius 2 is 2.10 bits per heavy atom. The zero-order chi connectivity index (χ0) is 14.3. The van der Waals surface area contributed by atoms with Gasteiger partial charge in [-0.1, -0.05) is 12.1 Å². The zero-order valence-electron chi connectivity index (χ0n) is 10.3. The highest BCUT2D eigenvalue weighted by atomic mass is 35.7. The summed E-state index contributed by atoms with van der Waals surface area (Å²) in [6, 6.07) is 6.16. The fraction of sp³-hybridized carbons (Fsp3) is 0.333. The maximum Gasteiger partial charge on any atom is 0.296 e. The van der Waals surface area contributed by atoms with Crippen LogP contribution in [0.2, 0.25) is 0 Å². The summed E-state index contributed by atoms with van der Waals surface area (Å²) in [5.41, 5.74) is 0.706. The zero-order valence-corrected chi connectivity index (χ0v) is 11.9. The Hall–Kier alpha value is -1.47. The Morgan fingerprint density at radius 3 is 2.70 bits per heavy atom. The second-order valence-electron chi connectivity index (χ2n) is 4.74. The molecule has 0 atom stereocenters. The molecule has 0 saturated heterocycles. The summed E-state index contributed by atoms with van der Waals surface area (Å²) >= 11 is 0. The number of nitrogens with zero attached hydrogens (tertiary/aromatic N) is 3. The summed E-state index contributed by atoms with van der Waals surface area (Å²) in [5, 5.41) is 7.33. The third-order valence-corrected chi connectivity index (χ3v) is 4.25. The summed E-state index contributed by atoms with van der Waals surface area (Å²) in [5.74, 6) is 0.141. The SMILES string of the molecule is O=S(=O)(Cl)c1nnc(Cc2cccc(F)c2)n1C1CC1. The van der Waals surface area contributed by atoms with Crippen LogP contribution in [0.15, 0.2) is 29.4 Å². The number of halogens is 2. The highest BCUT2D eigenvalue weighted by Gasteiger charge is 2.33. The van der Waals surface area contributed by atoms with Gasteiger partial charge in [-0.2, -0.15) is 0 Å². The molecule has 106 valence electrons. The van der Waals surface area contributed by atoms with Crippen LogP contribution in [0.1, 0.15) is 30.3 Å². The monoisotopic (exact) mass is 315 g/mol. The van der Waals surface area contributed by atoms with Crippen LogP contribution in [0.25, 0.3) is 0 Å². The van der Waals surface area contributed by atoms with Gasteiger partial charge in [0.1, 0.15) is 11.6 Å². The van der Waals surface area contributed by atoms with Crippen molar-refractivity contribution in [3.8, 4) is 0 Å². The van der Waals surface area contributed by atoms with Crippen molar-refractivity contribution >= 4 is 19.7 Å². The predicted octanol–water partition coefficient (Wildman–Crippen LogP) is 2.27. The molecule has 3 rings (SSSR count). The highest BCUT2D eigenvalue weighted by molar-refractivity contribution is 8.13. The maximum absolute atomic E-state index is 13.2. The van der Waals surface area contributed by atoms with Crippen molar-refractivity contribution in [1.82, 2.24) is 14.8 Å². The standard InChI is InChI=1S/C12H11ClFN3O2S/c13-20(18,19)12-16-15-11(17(12)10-4-5-10)7-8-2-1-3-9(14)6-8/h1-3,6,10H,4-5,7H2. The van der Waals surface area contributed by atoms with Crippen molar-refractivity contribution in [3.05, 3.63) is 41.5 Å². The first kappa shape index (κ1) is 13.5. The Morgan fingerprint density at radius 1 is 1.35 bits per heavy atom. The van der Waals surface area contributed by atoms with Crippen molar-refractivity contribution in [1.29, 1.82) is 0 Å². The summed E-state index contributed by atoms with van der Waals surface area (Å²) in [7, 11) is 1.44. The minimum Gasteiger partial charge on any atom is -0.297 e. The van der Waals surface area contributed by atoms with Gasteiger partial charge in [-0.05, 0) is 30.5 Å². The van der Waals surface area contributed by atoms with E-state index < -0.39 is 9.05 Å². The van der Waals surface area contributed by atoms with Crippen molar-refractivity contribution in [2.75, 3.05) is 0 Å². The van der Waals surface area contributed by atoms with Gasteiger partial charge in [0.05, 0.1) is 0 Å². The van der Waals surface area contributed by atoms with Crippen LogP contribution in [0.5, 0.6) is 0 Å². The molecule has 1 aromatic carbocycles. The number of rotatable bonds is 4. The van der Waals surface area contributed by atoms with Gasteiger partial charge < -0.3 is 0 Å². The highest BCUT2D eigenvalue weighted by Crippen LogP contribution is 2.38. The van der Waals surface area contributed by atoms with Crippen LogP contribution in [-0.2, 0) is 15.5 Å². The van der Waals surface area contributed by atoms with E-state index in [0.29, 0.717) is 17.8 Å². The van der Waals surface area contributed by atoms with Gasteiger partial charge in [-0.3, -0.25) is 4.57 Å². The fourth-order valence-electron chi connectivity index (χ4n) is 2.12. The van der Waals surface area contributed by atoms with E-state index in [1.807, 2.05) is 0 Å². The topological polar surface area (TPSA) is 64.8 Å². The number of benzene rings is 1. The molecule has 0 radical (unpaired) electrons. The lowest BCUT2D eigenvalue weighted by Gasteiger charge is -2.07. The van der Waals surface area contributed by atoms with Gasteiger partial charge in [-0.25, -0.2) is 12.8 Å². The molecule has 5 nitrogen and oxygen atoms in total. The van der Waals surface area contributed by atoms with Crippen LogP contribution in [-0.4, -0.2) is 23.2 Å². The van der Waals surface area contributed by atoms with E-state index in [-0.39, 0.29) is 17.0 Å². The van der Waals surface area contributed by atoms with Crippen LogP contribution in [0.4, 0.5) is 4.39 Å². The average Bonchev–Trinajstić information content (AvgIpc) is 3.09. The molecule has 0 unspecified atom stereocenters. The van der Waals surface area contributed by atoms with Gasteiger partial charge >= 0.3 is 0 Å². The third kappa shape index (κ3) is 2.69. The molecule has 0 amide bonds. The second-order valence-corrected chi connectivity index (χ2v) is 7.20. The van der Waals surface area contributed by atoms with E-state index in [9.17, 15) is 12.8 Å². The lowest BCUT2D eigenvalue weighted by molar-refractivity contribution is 0.570. The first-order valence-electron chi connectivity index (χ1n) is 6.08. The first-order chi connectivity index (χ1) is 9.45. The summed E-state index contributed by atoms with van der Waals surface area (Å²) < 4.78 is 37.7. The maximum atomic E-state index is 13.2. The molecule has 1 saturated carbocycles. The van der Waals surface area contributed by atoms with Crippen molar-refractivity contribution in [2.24, 2.45) is 0 Å². The van der Waals surface area contributed by atoms with E-state index in [4.69, 9.17) is 10.7 Å². The minimum absolute atomic E-state index is 0.0667. The number of hydrogen-bond acceptors (Lipinski definition) is 4. The molecule has 1 fully saturated rings. The summed E-state index contributed by atoms with van der Waals surface area (Å²) in [6.45, 7) is 0. The molecule has 0 bridgehead atoms. The van der Waals surface area contributed by atoms with E-state index in [2.05, 4.69) is 10.2 Å². The largest absolute Gasteiger partial charge is 0.297 e. The van der Waals surface area contributed by atoms with Gasteiger partial charge in [0, 0.05) is 23.1 Å². The lowest BCUT2D eigenvalue weighted by Crippen LogP contribution is -2.08. The molecule has 2 aromatic rings. The average molecular weight is 316 g/mol. The quantitative estimate of drug-likeness (QED) is 0.812. The second kappa shape index (κ2) is 4.82. The van der Waals surface area contributed by atoms with Gasteiger partial charge in [-0.15, -0.1) is 10.2 Å². The molecule has 0 spiro atoms. The molecule has 1 aliphatic rings. The molecule has 8 heteroatoms. The molecule has 1 aliphatic carbocycles. The fourth-order valence-corrected chi connectivity index (χ4v) is 3.07. The van der Waals surface area contributed by atoms with Crippen molar-refractivity contribution < 1.29 is 12.8 Å². The molecular formula is C12H11ClFN3O2S. The smallest absolute Gasteiger partial charge is 0.296 e. The van der Waals surface area contributed by atoms with Crippen LogP contribution in [0, 0.1) is 5.82 Å².